The van der Waals surface area contributed by atoms with E-state index < -0.39 is 0 Å². The van der Waals surface area contributed by atoms with Gasteiger partial charge in [0.25, 0.3) is 0 Å². The lowest BCUT2D eigenvalue weighted by Gasteiger charge is -2.13. The van der Waals surface area contributed by atoms with Crippen LogP contribution in [0.25, 0.3) is 78.8 Å². The Kier molecular flexibility index (Phi) is 8.02. The van der Waals surface area contributed by atoms with Crippen molar-refractivity contribution in [3.63, 3.8) is 0 Å². The highest BCUT2D eigenvalue weighted by molar-refractivity contribution is 5.82. The van der Waals surface area contributed by atoms with Gasteiger partial charge in [0.05, 0.1) is 5.69 Å². The van der Waals surface area contributed by atoms with Gasteiger partial charge in [-0.3, -0.25) is 4.98 Å². The molecule has 0 fully saturated rings. The van der Waals surface area contributed by atoms with Crippen LogP contribution in [0.4, 0.5) is 0 Å². The first-order chi connectivity index (χ1) is 24.2. The van der Waals surface area contributed by atoms with E-state index in [0.29, 0.717) is 17.5 Å². The molecular weight excluding hydrogens is 601 g/mol. The summed E-state index contributed by atoms with van der Waals surface area (Å²) in [5.41, 5.74) is 12.2. The lowest BCUT2D eigenvalue weighted by atomic mass is 9.94. The van der Waals surface area contributed by atoms with Crippen LogP contribution < -0.4 is 0 Å². The number of pyridine rings is 1. The monoisotopic (exact) mass is 630 g/mol. The third-order valence-electron chi connectivity index (χ3n) is 8.52. The molecule has 5 aromatic carbocycles. The predicted octanol–water partition coefficient (Wildman–Crippen LogP) is 10.0. The smallest absolute Gasteiger partial charge is 0.164 e. The van der Waals surface area contributed by atoms with Crippen LogP contribution >= 0.6 is 0 Å². The highest BCUT2D eigenvalue weighted by Gasteiger charge is 2.15. The van der Waals surface area contributed by atoms with Gasteiger partial charge in [0, 0.05) is 45.9 Å². The normalized spacial score (nSPS) is 11.0. The van der Waals surface area contributed by atoms with Crippen molar-refractivity contribution in [2.75, 3.05) is 0 Å². The molecule has 0 saturated carbocycles. The van der Waals surface area contributed by atoms with Crippen LogP contribution in [-0.4, -0.2) is 29.9 Å². The van der Waals surface area contributed by atoms with Crippen molar-refractivity contribution < 1.29 is 0 Å². The average Bonchev–Trinajstić information content (AvgIpc) is 3.19. The topological polar surface area (TPSA) is 77.3 Å². The maximum atomic E-state index is 5.04. The summed E-state index contributed by atoms with van der Waals surface area (Å²) in [6.07, 6.45) is 5.16. The second kappa shape index (κ2) is 13.2. The van der Waals surface area contributed by atoms with Crippen molar-refractivity contribution in [3.8, 4) is 78.8 Å². The molecule has 0 spiro atoms. The second-order valence-corrected chi connectivity index (χ2v) is 11.7. The van der Waals surface area contributed by atoms with Crippen molar-refractivity contribution in [1.82, 2.24) is 29.9 Å². The van der Waals surface area contributed by atoms with Gasteiger partial charge in [-0.1, -0.05) is 115 Å². The van der Waals surface area contributed by atoms with Crippen LogP contribution in [0.5, 0.6) is 0 Å². The van der Waals surface area contributed by atoms with Crippen LogP contribution in [-0.2, 0) is 0 Å². The first-order valence-corrected chi connectivity index (χ1v) is 16.1. The van der Waals surface area contributed by atoms with Crippen molar-refractivity contribution in [3.05, 3.63) is 170 Å². The molecule has 0 bridgehead atoms. The van der Waals surface area contributed by atoms with Crippen molar-refractivity contribution in [1.29, 1.82) is 0 Å². The van der Waals surface area contributed by atoms with Gasteiger partial charge in [0.1, 0.15) is 6.33 Å². The summed E-state index contributed by atoms with van der Waals surface area (Å²) >= 11 is 0. The summed E-state index contributed by atoms with van der Waals surface area (Å²) in [6.45, 7) is 2.04. The maximum Gasteiger partial charge on any atom is 0.164 e. The Morgan fingerprint density at radius 3 is 1.41 bits per heavy atom. The SMILES string of the molecule is Cc1ncccc1-c1ccc(-c2cc(-c3ccc(-c4ccncn4)cc3)cc(-c3nc(-c4ccccc4)nc(-c4ccccc4)n3)c2)cc1. The van der Waals surface area contributed by atoms with Crippen LogP contribution in [0.15, 0.2) is 164 Å². The molecule has 8 aromatic rings. The van der Waals surface area contributed by atoms with Crippen LogP contribution in [0.2, 0.25) is 0 Å². The van der Waals surface area contributed by atoms with E-state index in [1.807, 2.05) is 85.9 Å². The molecule has 0 radical (unpaired) electrons. The zero-order chi connectivity index (χ0) is 33.0. The molecule has 0 aliphatic carbocycles. The van der Waals surface area contributed by atoms with Gasteiger partial charge in [-0.25, -0.2) is 24.9 Å². The van der Waals surface area contributed by atoms with Gasteiger partial charge in [-0.15, -0.1) is 0 Å². The molecule has 8 rings (SSSR count). The Hall–Kier alpha value is -6.66. The van der Waals surface area contributed by atoms with Gasteiger partial charge in [-0.2, -0.15) is 0 Å². The molecule has 6 nitrogen and oxygen atoms in total. The summed E-state index contributed by atoms with van der Waals surface area (Å²) < 4.78 is 0. The first kappa shape index (κ1) is 29.7. The molecule has 0 amide bonds. The molecule has 0 aliphatic rings. The number of nitrogens with zero attached hydrogens (tertiary/aromatic N) is 6. The number of aryl methyl sites for hydroxylation is 1. The van der Waals surface area contributed by atoms with Gasteiger partial charge < -0.3 is 0 Å². The Labute approximate surface area is 285 Å². The zero-order valence-electron chi connectivity index (χ0n) is 26.8. The number of hydrogen-bond acceptors (Lipinski definition) is 6. The van der Waals surface area contributed by atoms with E-state index in [-0.39, 0.29) is 0 Å². The van der Waals surface area contributed by atoms with E-state index in [4.69, 9.17) is 15.0 Å². The number of aromatic nitrogens is 6. The Morgan fingerprint density at radius 2 is 0.878 bits per heavy atom. The molecule has 0 saturated heterocycles. The molecule has 0 N–H and O–H groups in total. The molecule has 6 heteroatoms. The fourth-order valence-electron chi connectivity index (χ4n) is 5.95. The summed E-state index contributed by atoms with van der Waals surface area (Å²) in [6, 6.07) is 49.8. The minimum atomic E-state index is 0.607. The quantitative estimate of drug-likeness (QED) is 0.174. The van der Waals surface area contributed by atoms with Crippen molar-refractivity contribution >= 4 is 0 Å². The van der Waals surface area contributed by atoms with Gasteiger partial charge >= 0.3 is 0 Å². The fourth-order valence-corrected chi connectivity index (χ4v) is 5.95. The molecule has 0 unspecified atom stereocenters. The lowest BCUT2D eigenvalue weighted by Crippen LogP contribution is -2.00. The molecule has 3 aromatic heterocycles. The number of rotatable bonds is 7. The standard InChI is InChI=1S/C43H30N6/c1-29-39(13-8-23-45-29)32-18-14-30(15-19-32)36-25-37(31-16-20-33(21-17-31)40-22-24-44-28-46-40)27-38(26-36)43-48-41(34-9-4-2-5-10-34)47-42(49-43)35-11-6-3-7-12-35/h2-28H,1H3. The van der Waals surface area contributed by atoms with Crippen LogP contribution in [0, 0.1) is 6.92 Å². The van der Waals surface area contributed by atoms with Gasteiger partial charge in [0.2, 0.25) is 0 Å². The zero-order valence-corrected chi connectivity index (χ0v) is 26.8. The predicted molar refractivity (Wildman–Crippen MR) is 196 cm³/mol. The largest absolute Gasteiger partial charge is 0.261 e. The van der Waals surface area contributed by atoms with E-state index >= 15 is 0 Å². The molecule has 0 atom stereocenters. The van der Waals surface area contributed by atoms with E-state index in [1.165, 1.54) is 0 Å². The van der Waals surface area contributed by atoms with Crippen LogP contribution in [0.1, 0.15) is 5.69 Å². The third kappa shape index (κ3) is 6.35. The molecule has 0 aliphatic heterocycles. The third-order valence-corrected chi connectivity index (χ3v) is 8.52. The molecular formula is C43H30N6. The fraction of sp³-hybridized carbons (Fsp3) is 0.0233. The first-order valence-electron chi connectivity index (χ1n) is 16.1. The average molecular weight is 631 g/mol. The summed E-state index contributed by atoms with van der Waals surface area (Å²) in [5, 5.41) is 0. The van der Waals surface area contributed by atoms with Crippen LogP contribution in [0.3, 0.4) is 0 Å². The minimum Gasteiger partial charge on any atom is -0.261 e. The highest BCUT2D eigenvalue weighted by Crippen LogP contribution is 2.35. The number of hydrogen-bond donors (Lipinski definition) is 0. The van der Waals surface area contributed by atoms with Crippen molar-refractivity contribution in [2.24, 2.45) is 0 Å². The minimum absolute atomic E-state index is 0.607. The Bertz CT molecular complexity index is 2300. The van der Waals surface area contributed by atoms with E-state index in [2.05, 4.69) is 87.7 Å². The molecule has 49 heavy (non-hydrogen) atoms. The highest BCUT2D eigenvalue weighted by atomic mass is 15.0. The maximum absolute atomic E-state index is 5.04. The number of benzene rings is 5. The Morgan fingerprint density at radius 1 is 0.367 bits per heavy atom. The summed E-state index contributed by atoms with van der Waals surface area (Å²) in [5.74, 6) is 1.86. The molecule has 232 valence electrons. The van der Waals surface area contributed by atoms with Gasteiger partial charge in [-0.05, 0) is 65.1 Å². The summed E-state index contributed by atoms with van der Waals surface area (Å²) in [7, 11) is 0. The van der Waals surface area contributed by atoms with E-state index in [9.17, 15) is 0 Å². The van der Waals surface area contributed by atoms with E-state index in [1.54, 1.807) is 12.5 Å². The van der Waals surface area contributed by atoms with Crippen molar-refractivity contribution in [2.45, 2.75) is 6.92 Å². The summed E-state index contributed by atoms with van der Waals surface area (Å²) in [4.78, 5) is 28.0. The Balaban J connectivity index is 1.28. The lowest BCUT2D eigenvalue weighted by molar-refractivity contribution is 1.07. The molecule has 3 heterocycles. The van der Waals surface area contributed by atoms with Gasteiger partial charge in [0.15, 0.2) is 17.5 Å². The van der Waals surface area contributed by atoms with E-state index in [0.717, 1.165) is 67.0 Å². The second-order valence-electron chi connectivity index (χ2n) is 11.7.